The number of oxazole rings is 1. The second-order valence-corrected chi connectivity index (χ2v) is 6.60. The molecular weight excluding hydrogens is 352 g/mol. The van der Waals surface area contributed by atoms with E-state index in [2.05, 4.69) is 39.7 Å². The zero-order valence-corrected chi connectivity index (χ0v) is 16.7. The van der Waals surface area contributed by atoms with Crippen LogP contribution in [-0.4, -0.2) is 25.1 Å². The Kier molecular flexibility index (Phi) is 6.32. The highest BCUT2D eigenvalue weighted by molar-refractivity contribution is 5.79. The number of methoxy groups -OCH3 is 1. The Hall–Kier alpha value is -3.28. The van der Waals surface area contributed by atoms with Crippen molar-refractivity contribution in [2.45, 2.75) is 26.9 Å². The lowest BCUT2D eigenvalue weighted by atomic mass is 10.1. The molecule has 0 aliphatic rings. The third-order valence-corrected chi connectivity index (χ3v) is 4.40. The second kappa shape index (κ2) is 9.08. The Morgan fingerprint density at radius 2 is 1.75 bits per heavy atom. The van der Waals surface area contributed by atoms with Crippen molar-refractivity contribution in [3.05, 3.63) is 71.1 Å². The first-order valence-electron chi connectivity index (χ1n) is 9.18. The maximum Gasteiger partial charge on any atom is 0.226 e. The van der Waals surface area contributed by atoms with E-state index in [0.29, 0.717) is 24.9 Å². The smallest absolute Gasteiger partial charge is 0.226 e. The molecule has 6 heteroatoms. The lowest BCUT2D eigenvalue weighted by Gasteiger charge is -2.13. The quantitative estimate of drug-likeness (QED) is 0.504. The van der Waals surface area contributed by atoms with Crippen LogP contribution in [0.3, 0.4) is 0 Å². The number of aromatic nitrogens is 1. The second-order valence-electron chi connectivity index (χ2n) is 6.60. The van der Waals surface area contributed by atoms with E-state index >= 15 is 0 Å². The predicted octanol–water partition coefficient (Wildman–Crippen LogP) is 3.83. The molecule has 0 amide bonds. The average Bonchev–Trinajstić information content (AvgIpc) is 3.18. The van der Waals surface area contributed by atoms with Gasteiger partial charge < -0.3 is 19.8 Å². The third kappa shape index (κ3) is 4.91. The topological polar surface area (TPSA) is 71.7 Å². The zero-order valence-electron chi connectivity index (χ0n) is 16.7. The number of benzene rings is 2. The molecule has 1 heterocycles. The molecule has 0 aliphatic heterocycles. The first kappa shape index (κ1) is 19.5. The predicted molar refractivity (Wildman–Crippen MR) is 111 cm³/mol. The lowest BCUT2D eigenvalue weighted by Crippen LogP contribution is -2.36. The van der Waals surface area contributed by atoms with Crippen molar-refractivity contribution >= 4 is 5.96 Å². The molecule has 3 rings (SSSR count). The van der Waals surface area contributed by atoms with E-state index in [9.17, 15) is 0 Å². The number of nitrogens with zero attached hydrogens (tertiary/aromatic N) is 2. The molecule has 0 radical (unpaired) electrons. The number of guanidine groups is 1. The van der Waals surface area contributed by atoms with E-state index < -0.39 is 0 Å². The molecule has 0 saturated heterocycles. The highest BCUT2D eigenvalue weighted by Crippen LogP contribution is 2.20. The van der Waals surface area contributed by atoms with E-state index in [1.54, 1.807) is 20.4 Å². The van der Waals surface area contributed by atoms with Crippen LogP contribution in [0.5, 0.6) is 5.75 Å². The van der Waals surface area contributed by atoms with E-state index in [0.717, 1.165) is 22.6 Å². The molecule has 3 aromatic rings. The van der Waals surface area contributed by atoms with Crippen molar-refractivity contribution in [2.75, 3.05) is 14.2 Å². The summed E-state index contributed by atoms with van der Waals surface area (Å²) in [5, 5.41) is 6.55. The van der Waals surface area contributed by atoms with Crippen LogP contribution >= 0.6 is 0 Å². The first-order chi connectivity index (χ1) is 13.6. The first-order valence-corrected chi connectivity index (χ1v) is 9.18. The van der Waals surface area contributed by atoms with Crippen LogP contribution < -0.4 is 15.4 Å². The number of rotatable bonds is 6. The van der Waals surface area contributed by atoms with Gasteiger partial charge in [-0.2, -0.15) is 0 Å². The zero-order chi connectivity index (χ0) is 19.9. The minimum absolute atomic E-state index is 0.514. The van der Waals surface area contributed by atoms with Crippen LogP contribution in [0.2, 0.25) is 0 Å². The molecule has 0 bridgehead atoms. The number of aliphatic imine (C=N–C) groups is 1. The molecule has 0 aliphatic carbocycles. The van der Waals surface area contributed by atoms with Crippen molar-refractivity contribution in [3.8, 4) is 17.2 Å². The highest BCUT2D eigenvalue weighted by Gasteiger charge is 2.08. The van der Waals surface area contributed by atoms with Crippen LogP contribution in [0, 0.1) is 13.8 Å². The number of hydrogen-bond acceptors (Lipinski definition) is 4. The largest absolute Gasteiger partial charge is 0.496 e. The summed E-state index contributed by atoms with van der Waals surface area (Å²) in [5.74, 6) is 2.16. The summed E-state index contributed by atoms with van der Waals surface area (Å²) in [6, 6.07) is 14.2. The molecule has 6 nitrogen and oxygen atoms in total. The normalized spacial score (nSPS) is 11.4. The summed E-state index contributed by atoms with van der Waals surface area (Å²) >= 11 is 0. The minimum Gasteiger partial charge on any atom is -0.496 e. The van der Waals surface area contributed by atoms with Gasteiger partial charge in [-0.3, -0.25) is 4.99 Å². The van der Waals surface area contributed by atoms with Gasteiger partial charge in [-0.05, 0) is 37.6 Å². The van der Waals surface area contributed by atoms with Crippen LogP contribution in [0.25, 0.3) is 11.5 Å². The molecule has 2 N–H and O–H groups in total. The molecule has 28 heavy (non-hydrogen) atoms. The Bertz CT molecular complexity index is 945. The number of ether oxygens (including phenoxy) is 1. The Balaban J connectivity index is 1.57. The Morgan fingerprint density at radius 1 is 1.04 bits per heavy atom. The Labute approximate surface area is 165 Å². The van der Waals surface area contributed by atoms with E-state index in [1.165, 1.54) is 11.1 Å². The van der Waals surface area contributed by atoms with Crippen LogP contribution in [0.1, 0.15) is 22.4 Å². The highest BCUT2D eigenvalue weighted by atomic mass is 16.5. The number of aryl methyl sites for hydroxylation is 2. The fourth-order valence-electron chi connectivity index (χ4n) is 2.79. The minimum atomic E-state index is 0.514. The van der Waals surface area contributed by atoms with E-state index in [4.69, 9.17) is 9.15 Å². The molecule has 0 spiro atoms. The molecule has 2 aromatic carbocycles. The van der Waals surface area contributed by atoms with Crippen molar-refractivity contribution in [1.82, 2.24) is 15.6 Å². The van der Waals surface area contributed by atoms with Gasteiger partial charge in [-0.1, -0.05) is 29.8 Å². The summed E-state index contributed by atoms with van der Waals surface area (Å²) in [6.07, 6.45) is 1.67. The van der Waals surface area contributed by atoms with Gasteiger partial charge in [0.15, 0.2) is 5.96 Å². The fourth-order valence-corrected chi connectivity index (χ4v) is 2.79. The van der Waals surface area contributed by atoms with Crippen LogP contribution in [0.15, 0.2) is 58.1 Å². The molecule has 0 fully saturated rings. The summed E-state index contributed by atoms with van der Waals surface area (Å²) in [4.78, 5) is 8.80. The van der Waals surface area contributed by atoms with Gasteiger partial charge in [0.05, 0.1) is 19.3 Å². The molecule has 0 saturated carbocycles. The van der Waals surface area contributed by atoms with Gasteiger partial charge in [0.25, 0.3) is 0 Å². The molecular formula is C22H26N4O2. The fraction of sp³-hybridized carbons (Fsp3) is 0.273. The van der Waals surface area contributed by atoms with Gasteiger partial charge in [0.1, 0.15) is 12.0 Å². The summed E-state index contributed by atoms with van der Waals surface area (Å²) < 4.78 is 11.1. The summed E-state index contributed by atoms with van der Waals surface area (Å²) in [6.45, 7) is 5.22. The summed E-state index contributed by atoms with van der Waals surface area (Å²) in [7, 11) is 3.42. The van der Waals surface area contributed by atoms with E-state index in [-0.39, 0.29) is 0 Å². The van der Waals surface area contributed by atoms with Gasteiger partial charge in [0, 0.05) is 24.7 Å². The van der Waals surface area contributed by atoms with Crippen molar-refractivity contribution in [3.63, 3.8) is 0 Å². The molecule has 0 atom stereocenters. The van der Waals surface area contributed by atoms with Crippen LogP contribution in [0.4, 0.5) is 0 Å². The average molecular weight is 378 g/mol. The SMILES string of the molecule is CN=C(NCc1coc(-c2ccc(C)cc2)n1)NCc1ccc(C)cc1OC. The van der Waals surface area contributed by atoms with Gasteiger partial charge in [0.2, 0.25) is 5.89 Å². The standard InChI is InChI=1S/C22H26N4O2/c1-15-5-8-17(9-6-15)21-26-19(14-28-21)13-25-22(23-3)24-12-18-10-7-16(2)11-20(18)27-4/h5-11,14H,12-13H2,1-4H3,(H2,23,24,25). The Morgan fingerprint density at radius 3 is 2.46 bits per heavy atom. The van der Waals surface area contributed by atoms with Gasteiger partial charge in [-0.25, -0.2) is 4.98 Å². The van der Waals surface area contributed by atoms with E-state index in [1.807, 2.05) is 37.3 Å². The summed E-state index contributed by atoms with van der Waals surface area (Å²) in [5.41, 5.74) is 5.22. The monoisotopic (exact) mass is 378 g/mol. The molecule has 1 aromatic heterocycles. The van der Waals surface area contributed by atoms with Crippen molar-refractivity contribution < 1.29 is 9.15 Å². The number of hydrogen-bond donors (Lipinski definition) is 2. The number of nitrogens with one attached hydrogen (secondary N) is 2. The van der Waals surface area contributed by atoms with Gasteiger partial charge in [-0.15, -0.1) is 0 Å². The lowest BCUT2D eigenvalue weighted by molar-refractivity contribution is 0.408. The van der Waals surface area contributed by atoms with Crippen LogP contribution in [-0.2, 0) is 13.1 Å². The molecule has 146 valence electrons. The van der Waals surface area contributed by atoms with Crippen molar-refractivity contribution in [2.24, 2.45) is 4.99 Å². The molecule has 0 unspecified atom stereocenters. The van der Waals surface area contributed by atoms with Gasteiger partial charge >= 0.3 is 0 Å². The maximum atomic E-state index is 5.60. The van der Waals surface area contributed by atoms with Crippen molar-refractivity contribution in [1.29, 1.82) is 0 Å². The maximum absolute atomic E-state index is 5.60. The third-order valence-electron chi connectivity index (χ3n) is 4.40.